The number of hydrogen-bond acceptors (Lipinski definition) is 5. The van der Waals surface area contributed by atoms with Crippen LogP contribution in [-0.2, 0) is 14.8 Å². The third kappa shape index (κ3) is 3.91. The molecule has 1 aliphatic carbocycles. The second kappa shape index (κ2) is 5.76. The summed E-state index contributed by atoms with van der Waals surface area (Å²) >= 11 is 0. The van der Waals surface area contributed by atoms with Crippen LogP contribution in [0.25, 0.3) is 0 Å². The maximum Gasteiger partial charge on any atom is 0.323 e. The van der Waals surface area contributed by atoms with Crippen molar-refractivity contribution in [3.63, 3.8) is 0 Å². The summed E-state index contributed by atoms with van der Waals surface area (Å²) in [6.45, 7) is 0.266. The Morgan fingerprint density at radius 1 is 1.50 bits per heavy atom. The van der Waals surface area contributed by atoms with Crippen LogP contribution in [0, 0.1) is 5.92 Å². The molecule has 7 nitrogen and oxygen atoms in total. The first-order valence-corrected chi connectivity index (χ1v) is 7.75. The molecule has 0 radical (unpaired) electrons. The van der Waals surface area contributed by atoms with Gasteiger partial charge in [0.15, 0.2) is 0 Å². The lowest BCUT2D eigenvalue weighted by Gasteiger charge is -2.15. The Morgan fingerprint density at radius 2 is 2.20 bits per heavy atom. The number of sulfonamides is 1. The van der Waals surface area contributed by atoms with Gasteiger partial charge in [-0.05, 0) is 30.9 Å². The fourth-order valence-electron chi connectivity index (χ4n) is 1.67. The van der Waals surface area contributed by atoms with Crippen molar-refractivity contribution in [2.24, 2.45) is 5.92 Å². The van der Waals surface area contributed by atoms with Gasteiger partial charge in [-0.3, -0.25) is 4.79 Å². The summed E-state index contributed by atoms with van der Waals surface area (Å²) in [6.07, 6.45) is 3.38. The number of likely N-dealkylation sites (N-methyl/N-ethyl adjacent to an activating group) is 1. The number of hydrogen-bond donors (Lipinski definition) is 2. The van der Waals surface area contributed by atoms with E-state index in [4.69, 9.17) is 5.11 Å². The molecule has 20 heavy (non-hydrogen) atoms. The van der Waals surface area contributed by atoms with Gasteiger partial charge in [0.1, 0.15) is 17.3 Å². The van der Waals surface area contributed by atoms with E-state index in [1.807, 2.05) is 0 Å². The van der Waals surface area contributed by atoms with Crippen LogP contribution in [-0.4, -0.2) is 44.6 Å². The van der Waals surface area contributed by atoms with Crippen molar-refractivity contribution in [3.05, 3.63) is 18.3 Å². The molecule has 8 heteroatoms. The van der Waals surface area contributed by atoms with E-state index in [1.54, 1.807) is 7.05 Å². The van der Waals surface area contributed by atoms with Gasteiger partial charge < -0.3 is 10.0 Å². The molecule has 0 amide bonds. The maximum absolute atomic E-state index is 12.0. The Kier molecular flexibility index (Phi) is 4.24. The minimum Gasteiger partial charge on any atom is -0.480 e. The average Bonchev–Trinajstić information content (AvgIpc) is 3.20. The third-order valence-electron chi connectivity index (χ3n) is 3.05. The molecule has 1 aliphatic rings. The first-order valence-electron chi connectivity index (χ1n) is 6.27. The summed E-state index contributed by atoms with van der Waals surface area (Å²) in [5.41, 5.74) is 0. The molecule has 0 bridgehead atoms. The normalized spacial score (nSPS) is 15.1. The number of aromatic nitrogens is 1. The van der Waals surface area contributed by atoms with Crippen molar-refractivity contribution in [1.82, 2.24) is 9.71 Å². The number of rotatable bonds is 7. The predicted octanol–water partition coefficient (Wildman–Crippen LogP) is 0.291. The number of carboxylic acids is 1. The second-order valence-corrected chi connectivity index (χ2v) is 6.66. The van der Waals surface area contributed by atoms with Gasteiger partial charge in [-0.25, -0.2) is 18.1 Å². The van der Waals surface area contributed by atoms with Crippen LogP contribution in [0.4, 0.5) is 5.82 Å². The highest BCUT2D eigenvalue weighted by Crippen LogP contribution is 2.28. The smallest absolute Gasteiger partial charge is 0.323 e. The summed E-state index contributed by atoms with van der Waals surface area (Å²) in [4.78, 5) is 16.1. The topological polar surface area (TPSA) is 99.6 Å². The van der Waals surface area contributed by atoms with Crippen molar-refractivity contribution < 1.29 is 18.3 Å². The summed E-state index contributed by atoms with van der Waals surface area (Å²) < 4.78 is 26.5. The van der Waals surface area contributed by atoms with E-state index in [1.165, 1.54) is 23.2 Å². The van der Waals surface area contributed by atoms with Gasteiger partial charge in [0.05, 0.1) is 0 Å². The molecule has 0 aromatic carbocycles. The molecule has 2 rings (SSSR count). The highest BCUT2D eigenvalue weighted by Gasteiger charge is 2.24. The van der Waals surface area contributed by atoms with E-state index < -0.39 is 16.0 Å². The van der Waals surface area contributed by atoms with E-state index >= 15 is 0 Å². The van der Waals surface area contributed by atoms with Crippen molar-refractivity contribution in [1.29, 1.82) is 0 Å². The van der Waals surface area contributed by atoms with Crippen LogP contribution in [0.5, 0.6) is 0 Å². The maximum atomic E-state index is 12.0. The number of carbonyl (C=O) groups is 1. The van der Waals surface area contributed by atoms with Gasteiger partial charge in [-0.2, -0.15) is 0 Å². The Morgan fingerprint density at radius 3 is 2.70 bits per heavy atom. The molecule has 1 saturated carbocycles. The number of aliphatic carboxylic acids is 1. The quantitative estimate of drug-likeness (QED) is 0.751. The second-order valence-electron chi connectivity index (χ2n) is 4.90. The molecule has 1 fully saturated rings. The number of anilines is 1. The van der Waals surface area contributed by atoms with Crippen LogP contribution in [0.15, 0.2) is 23.2 Å². The van der Waals surface area contributed by atoms with Gasteiger partial charge in [-0.1, -0.05) is 0 Å². The minimum atomic E-state index is -3.53. The van der Waals surface area contributed by atoms with Crippen molar-refractivity contribution in [2.45, 2.75) is 17.7 Å². The van der Waals surface area contributed by atoms with Crippen LogP contribution in [0.1, 0.15) is 12.8 Å². The standard InChI is InChI=1S/C12H17N3O4S/c1-15(8-12(16)17)11-5-4-10(7-13-11)20(18,19)14-6-9-2-3-9/h4-5,7,9,14H,2-3,6,8H2,1H3,(H,16,17). The molecule has 1 aromatic rings. The molecule has 0 aliphatic heterocycles. The molecule has 0 unspecified atom stereocenters. The van der Waals surface area contributed by atoms with Crippen LogP contribution >= 0.6 is 0 Å². The SMILES string of the molecule is CN(CC(=O)O)c1ccc(S(=O)(=O)NCC2CC2)cn1. The van der Waals surface area contributed by atoms with Crippen LogP contribution in [0.3, 0.4) is 0 Å². The summed E-state index contributed by atoms with van der Waals surface area (Å²) in [7, 11) is -1.95. The van der Waals surface area contributed by atoms with Crippen LogP contribution < -0.4 is 9.62 Å². The third-order valence-corrected chi connectivity index (χ3v) is 4.46. The Hall–Kier alpha value is -1.67. The summed E-state index contributed by atoms with van der Waals surface area (Å²) in [5.74, 6) is -0.107. The zero-order chi connectivity index (χ0) is 14.8. The number of pyridine rings is 1. The zero-order valence-corrected chi connectivity index (χ0v) is 11.9. The van der Waals surface area contributed by atoms with E-state index in [0.717, 1.165) is 12.8 Å². The number of nitrogens with one attached hydrogen (secondary N) is 1. The summed E-state index contributed by atoms with van der Waals surface area (Å²) in [6, 6.07) is 2.92. The fraction of sp³-hybridized carbons (Fsp3) is 0.500. The first kappa shape index (κ1) is 14.7. The van der Waals surface area contributed by atoms with E-state index in [0.29, 0.717) is 18.3 Å². The molecule has 110 valence electrons. The van der Waals surface area contributed by atoms with Gasteiger partial charge in [0.25, 0.3) is 0 Å². The lowest BCUT2D eigenvalue weighted by molar-refractivity contribution is -0.135. The van der Waals surface area contributed by atoms with Gasteiger partial charge in [0, 0.05) is 19.8 Å². The van der Waals surface area contributed by atoms with E-state index in [9.17, 15) is 13.2 Å². The van der Waals surface area contributed by atoms with Gasteiger partial charge in [0.2, 0.25) is 10.0 Å². The van der Waals surface area contributed by atoms with E-state index in [2.05, 4.69) is 9.71 Å². The average molecular weight is 299 g/mol. The van der Waals surface area contributed by atoms with Crippen molar-refractivity contribution >= 4 is 21.8 Å². The molecule has 0 spiro atoms. The Bertz CT molecular complexity index is 581. The zero-order valence-electron chi connectivity index (χ0n) is 11.1. The van der Waals surface area contributed by atoms with Gasteiger partial charge >= 0.3 is 5.97 Å². The molecule has 2 N–H and O–H groups in total. The van der Waals surface area contributed by atoms with Gasteiger partial charge in [-0.15, -0.1) is 0 Å². The van der Waals surface area contributed by atoms with Crippen LogP contribution in [0.2, 0.25) is 0 Å². The monoisotopic (exact) mass is 299 g/mol. The van der Waals surface area contributed by atoms with E-state index in [-0.39, 0.29) is 11.4 Å². The molecule has 0 atom stereocenters. The van der Waals surface area contributed by atoms with Crippen molar-refractivity contribution in [3.8, 4) is 0 Å². The lowest BCUT2D eigenvalue weighted by Crippen LogP contribution is -2.27. The predicted molar refractivity (Wildman–Crippen MR) is 73.1 cm³/mol. The minimum absolute atomic E-state index is 0.0885. The van der Waals surface area contributed by atoms with Crippen molar-refractivity contribution in [2.75, 3.05) is 25.0 Å². The fourth-order valence-corrected chi connectivity index (χ4v) is 2.73. The Labute approximate surface area is 117 Å². The Balaban J connectivity index is 2.04. The highest BCUT2D eigenvalue weighted by atomic mass is 32.2. The largest absolute Gasteiger partial charge is 0.480 e. The number of nitrogens with zero attached hydrogens (tertiary/aromatic N) is 2. The highest BCUT2D eigenvalue weighted by molar-refractivity contribution is 7.89. The lowest BCUT2D eigenvalue weighted by atomic mass is 10.4. The number of carboxylic acid groups (broad SMARTS) is 1. The summed E-state index contributed by atoms with van der Waals surface area (Å²) in [5, 5.41) is 8.68. The molecular formula is C12H17N3O4S. The molecule has 1 aromatic heterocycles. The molecule has 0 saturated heterocycles. The first-order chi connectivity index (χ1) is 9.38. The molecular weight excluding hydrogens is 282 g/mol. The molecule has 1 heterocycles.